The monoisotopic (exact) mass is 580 g/mol. The average Bonchev–Trinajstić information content (AvgIpc) is 3.69. The fraction of sp³-hybridized carbons (Fsp3) is 0.241. The van der Waals surface area contributed by atoms with Crippen LogP contribution in [0.5, 0.6) is 11.5 Å². The molecule has 1 aliphatic rings. The highest BCUT2D eigenvalue weighted by Gasteiger charge is 2.27. The van der Waals surface area contributed by atoms with Crippen LogP contribution in [0.15, 0.2) is 77.8 Å². The number of hydrogen-bond donors (Lipinski definition) is 2. The molecule has 1 heterocycles. The van der Waals surface area contributed by atoms with Crippen LogP contribution >= 0.6 is 11.6 Å². The van der Waals surface area contributed by atoms with Crippen molar-refractivity contribution in [3.05, 3.63) is 94.8 Å². The Balaban J connectivity index is 1.44. The number of amides is 1. The second kappa shape index (κ2) is 11.7. The molecule has 0 saturated heterocycles. The molecule has 1 fully saturated rings. The van der Waals surface area contributed by atoms with Crippen LogP contribution in [0.3, 0.4) is 0 Å². The van der Waals surface area contributed by atoms with E-state index in [2.05, 4.69) is 15.1 Å². The van der Waals surface area contributed by atoms with Gasteiger partial charge in [-0.2, -0.15) is 5.10 Å². The minimum absolute atomic E-state index is 0.0233. The van der Waals surface area contributed by atoms with Gasteiger partial charge in [0.25, 0.3) is 0 Å². The zero-order chi connectivity index (χ0) is 28.3. The Morgan fingerprint density at radius 1 is 1.02 bits per heavy atom. The van der Waals surface area contributed by atoms with E-state index in [4.69, 9.17) is 21.1 Å². The van der Waals surface area contributed by atoms with Crippen molar-refractivity contribution < 1.29 is 22.7 Å². The first-order valence-corrected chi connectivity index (χ1v) is 14.6. The molecule has 0 atom stereocenters. The first kappa shape index (κ1) is 27.7. The van der Waals surface area contributed by atoms with E-state index in [0.717, 1.165) is 18.5 Å². The van der Waals surface area contributed by atoms with Crippen molar-refractivity contribution in [2.24, 2.45) is 0 Å². The van der Waals surface area contributed by atoms with Gasteiger partial charge in [0.05, 0.1) is 32.0 Å². The van der Waals surface area contributed by atoms with Gasteiger partial charge in [0.1, 0.15) is 16.4 Å². The van der Waals surface area contributed by atoms with Gasteiger partial charge in [0.2, 0.25) is 15.9 Å². The Morgan fingerprint density at radius 3 is 2.55 bits per heavy atom. The minimum atomic E-state index is -4.07. The second-order valence-electron chi connectivity index (χ2n) is 9.46. The summed E-state index contributed by atoms with van der Waals surface area (Å²) >= 11 is 6.20. The summed E-state index contributed by atoms with van der Waals surface area (Å²) in [5.41, 5.74) is 2.93. The average molecular weight is 581 g/mol. The molecule has 0 unspecified atom stereocenters. The zero-order valence-electron chi connectivity index (χ0n) is 22.1. The quantitative estimate of drug-likeness (QED) is 0.256. The lowest BCUT2D eigenvalue weighted by molar-refractivity contribution is -0.115. The molecule has 0 spiro atoms. The van der Waals surface area contributed by atoms with Gasteiger partial charge in [-0.1, -0.05) is 35.9 Å². The van der Waals surface area contributed by atoms with E-state index in [1.165, 1.54) is 13.2 Å². The Bertz CT molecular complexity index is 1650. The van der Waals surface area contributed by atoms with Crippen LogP contribution in [-0.2, 0) is 27.8 Å². The maximum absolute atomic E-state index is 13.7. The molecule has 0 radical (unpaired) electrons. The van der Waals surface area contributed by atoms with E-state index in [1.54, 1.807) is 72.6 Å². The third-order valence-electron chi connectivity index (χ3n) is 6.64. The largest absolute Gasteiger partial charge is 0.497 e. The molecule has 1 aromatic heterocycles. The van der Waals surface area contributed by atoms with Gasteiger partial charge in [-0.25, -0.2) is 17.8 Å². The number of methoxy groups -OCH3 is 2. The van der Waals surface area contributed by atoms with E-state index in [1.807, 2.05) is 6.07 Å². The number of carbonyl (C=O) groups is 1. The van der Waals surface area contributed by atoms with Crippen molar-refractivity contribution in [1.29, 1.82) is 0 Å². The van der Waals surface area contributed by atoms with Crippen LogP contribution in [-0.4, -0.2) is 38.3 Å². The summed E-state index contributed by atoms with van der Waals surface area (Å²) in [6.45, 7) is -0.0233. The van der Waals surface area contributed by atoms with Crippen molar-refractivity contribution in [3.8, 4) is 17.2 Å². The molecule has 1 amide bonds. The Morgan fingerprint density at radius 2 is 1.82 bits per heavy atom. The van der Waals surface area contributed by atoms with Crippen molar-refractivity contribution in [3.63, 3.8) is 0 Å². The number of aromatic nitrogens is 2. The summed E-state index contributed by atoms with van der Waals surface area (Å²) in [7, 11) is -1.01. The summed E-state index contributed by atoms with van der Waals surface area (Å²) in [6.07, 6.45) is 3.95. The molecule has 2 N–H and O–H groups in total. The molecule has 4 aromatic rings. The molecule has 9 nitrogen and oxygen atoms in total. The molecule has 5 rings (SSSR count). The predicted octanol–water partition coefficient (Wildman–Crippen LogP) is 5.08. The summed E-state index contributed by atoms with van der Waals surface area (Å²) in [5.74, 6) is 1.17. The predicted molar refractivity (Wildman–Crippen MR) is 153 cm³/mol. The van der Waals surface area contributed by atoms with Crippen LogP contribution in [0.25, 0.3) is 5.69 Å². The first-order chi connectivity index (χ1) is 19.3. The molecule has 1 aliphatic carbocycles. The number of halogens is 1. The van der Waals surface area contributed by atoms with Gasteiger partial charge >= 0.3 is 0 Å². The van der Waals surface area contributed by atoms with Crippen molar-refractivity contribution in [2.75, 3.05) is 19.5 Å². The maximum Gasteiger partial charge on any atom is 0.243 e. The molecule has 208 valence electrons. The number of hydrogen-bond acceptors (Lipinski definition) is 6. The van der Waals surface area contributed by atoms with E-state index in [-0.39, 0.29) is 23.8 Å². The van der Waals surface area contributed by atoms with Crippen LogP contribution in [0.2, 0.25) is 5.02 Å². The Hall–Kier alpha value is -3.86. The van der Waals surface area contributed by atoms with Gasteiger partial charge in [-0.15, -0.1) is 0 Å². The number of nitrogens with zero attached hydrogens (tertiary/aromatic N) is 2. The fourth-order valence-electron chi connectivity index (χ4n) is 4.33. The lowest BCUT2D eigenvalue weighted by atomic mass is 10.1. The maximum atomic E-state index is 13.7. The zero-order valence-corrected chi connectivity index (χ0v) is 23.6. The highest BCUT2D eigenvalue weighted by molar-refractivity contribution is 7.89. The molecule has 0 bridgehead atoms. The summed E-state index contributed by atoms with van der Waals surface area (Å²) in [4.78, 5) is 12.8. The number of carbonyl (C=O) groups excluding carboxylic acids is 1. The molecule has 11 heteroatoms. The van der Waals surface area contributed by atoms with E-state index >= 15 is 0 Å². The fourth-order valence-corrected chi connectivity index (χ4v) is 5.76. The van der Waals surface area contributed by atoms with E-state index in [0.29, 0.717) is 44.9 Å². The molecule has 40 heavy (non-hydrogen) atoms. The number of ether oxygens (including phenoxy) is 2. The van der Waals surface area contributed by atoms with Gasteiger partial charge in [-0.05, 0) is 54.8 Å². The summed E-state index contributed by atoms with van der Waals surface area (Å²) < 4.78 is 42.3. The molecule has 3 aromatic carbocycles. The van der Waals surface area contributed by atoms with Gasteiger partial charge < -0.3 is 14.8 Å². The minimum Gasteiger partial charge on any atom is -0.497 e. The number of sulfonamides is 1. The highest BCUT2D eigenvalue weighted by atomic mass is 35.5. The van der Waals surface area contributed by atoms with Crippen molar-refractivity contribution in [1.82, 2.24) is 14.5 Å². The lowest BCUT2D eigenvalue weighted by Gasteiger charge is -2.15. The normalized spacial score (nSPS) is 13.2. The number of benzene rings is 3. The van der Waals surface area contributed by atoms with Crippen molar-refractivity contribution in [2.45, 2.75) is 36.6 Å². The Labute approximate surface area is 238 Å². The van der Waals surface area contributed by atoms with Crippen molar-refractivity contribution >= 4 is 33.2 Å². The SMILES string of the molecule is COc1ccc(CNS(=O)(=O)c2cc(NC(=O)Cc3ccccc3Cl)ccc2-n2ccc(C3CC3)n2)c(OC)c1. The van der Waals surface area contributed by atoms with Crippen LogP contribution in [0.1, 0.15) is 35.6 Å². The van der Waals surface area contributed by atoms with E-state index < -0.39 is 10.0 Å². The third-order valence-corrected chi connectivity index (χ3v) is 8.44. The number of rotatable bonds is 11. The molecule has 0 aliphatic heterocycles. The third kappa shape index (κ3) is 6.30. The van der Waals surface area contributed by atoms with Gasteiger partial charge in [0.15, 0.2) is 0 Å². The standard InChI is InChI=1S/C29H29ClN4O5S/c1-38-23-11-9-21(27(17-23)39-2)18-31-40(36,37)28-16-22(32-29(35)15-20-5-3-4-6-24(20)30)10-12-26(28)34-14-13-25(33-34)19-7-8-19/h3-6,9-14,16-17,19,31H,7-8,15,18H2,1-2H3,(H,32,35). The molecule has 1 saturated carbocycles. The smallest absolute Gasteiger partial charge is 0.243 e. The lowest BCUT2D eigenvalue weighted by Crippen LogP contribution is -2.25. The van der Waals surface area contributed by atoms with Crippen LogP contribution < -0.4 is 19.5 Å². The molecular weight excluding hydrogens is 552 g/mol. The van der Waals surface area contributed by atoms with Crippen LogP contribution in [0, 0.1) is 0 Å². The Kier molecular flexibility index (Phi) is 8.11. The van der Waals surface area contributed by atoms with Gasteiger partial charge in [0, 0.05) is 41.0 Å². The van der Waals surface area contributed by atoms with Crippen LogP contribution in [0.4, 0.5) is 5.69 Å². The summed E-state index contributed by atoms with van der Waals surface area (Å²) in [5, 5.41) is 7.91. The summed E-state index contributed by atoms with van der Waals surface area (Å²) in [6, 6.07) is 18.9. The highest BCUT2D eigenvalue weighted by Crippen LogP contribution is 2.39. The topological polar surface area (TPSA) is 112 Å². The number of anilines is 1. The first-order valence-electron chi connectivity index (χ1n) is 12.7. The number of nitrogens with one attached hydrogen (secondary N) is 2. The second-order valence-corrected chi connectivity index (χ2v) is 11.6. The van der Waals surface area contributed by atoms with E-state index in [9.17, 15) is 13.2 Å². The molecular formula is C29H29ClN4O5S. The van der Waals surface area contributed by atoms with Gasteiger partial charge in [-0.3, -0.25) is 4.79 Å².